The van der Waals surface area contributed by atoms with E-state index in [0.29, 0.717) is 12.6 Å². The molecule has 0 bridgehead atoms. The molecule has 0 saturated heterocycles. The van der Waals surface area contributed by atoms with Gasteiger partial charge in [-0.25, -0.2) is 4.79 Å². The van der Waals surface area contributed by atoms with Gasteiger partial charge in [-0.3, -0.25) is 0 Å². The summed E-state index contributed by atoms with van der Waals surface area (Å²) in [6.45, 7) is 5.48. The molecule has 0 rings (SSSR count). The van der Waals surface area contributed by atoms with E-state index < -0.39 is 0 Å². The van der Waals surface area contributed by atoms with Gasteiger partial charge in [-0.2, -0.15) is 0 Å². The second-order valence-electron chi connectivity index (χ2n) is 2.53. The van der Waals surface area contributed by atoms with Gasteiger partial charge in [0.1, 0.15) is 0 Å². The zero-order chi connectivity index (χ0) is 8.69. The molecular weight excluding hydrogens is 144 g/mol. The molecule has 0 aromatic heterocycles. The Balaban J connectivity index is 3.08. The number of amides is 1. The topological polar surface area (TPSA) is 50.4 Å². The molecule has 0 unspecified atom stereocenters. The molecule has 1 amide bonds. The van der Waals surface area contributed by atoms with E-state index >= 15 is 0 Å². The number of carbonyl (C=O) groups is 1. The van der Waals surface area contributed by atoms with Crippen molar-refractivity contribution in [1.29, 1.82) is 0 Å². The molecule has 0 saturated carbocycles. The molecular formula is C7H16N2O2. The first-order valence-electron chi connectivity index (χ1n) is 3.72. The molecule has 4 heteroatoms. The first-order chi connectivity index (χ1) is 5.16. The van der Waals surface area contributed by atoms with Crippen molar-refractivity contribution in [2.24, 2.45) is 0 Å². The second kappa shape index (κ2) is 5.97. The number of hydrogen-bond donors (Lipinski definition) is 2. The number of carbonyl (C=O) groups excluding carboxylic acids is 1. The van der Waals surface area contributed by atoms with Crippen molar-refractivity contribution in [1.82, 2.24) is 10.6 Å². The van der Waals surface area contributed by atoms with Gasteiger partial charge in [0.2, 0.25) is 0 Å². The maximum Gasteiger partial charge on any atom is 0.406 e. The smallest absolute Gasteiger partial charge is 0.406 e. The lowest BCUT2D eigenvalue weighted by Crippen LogP contribution is -2.34. The number of nitrogens with one attached hydrogen (secondary N) is 2. The van der Waals surface area contributed by atoms with Crippen LogP contribution in [0.4, 0.5) is 4.79 Å². The molecule has 0 aromatic carbocycles. The Kier molecular flexibility index (Phi) is 5.56. The zero-order valence-electron chi connectivity index (χ0n) is 7.31. The number of rotatable bonds is 4. The van der Waals surface area contributed by atoms with Crippen LogP contribution in [0.2, 0.25) is 0 Å². The summed E-state index contributed by atoms with van der Waals surface area (Å²) in [5.41, 5.74) is 0. The summed E-state index contributed by atoms with van der Waals surface area (Å²) in [7, 11) is 1.35. The van der Waals surface area contributed by atoms with Crippen LogP contribution in [0.1, 0.15) is 13.8 Å². The fraction of sp³-hybridized carbons (Fsp3) is 0.857. The average molecular weight is 160 g/mol. The summed E-state index contributed by atoms with van der Waals surface area (Å²) in [4.78, 5) is 10.5. The first kappa shape index (κ1) is 10.2. The maximum atomic E-state index is 10.5. The summed E-state index contributed by atoms with van der Waals surface area (Å²) in [5.74, 6) is 0. The Morgan fingerprint density at radius 1 is 1.45 bits per heavy atom. The van der Waals surface area contributed by atoms with Crippen LogP contribution in [-0.2, 0) is 4.74 Å². The lowest BCUT2D eigenvalue weighted by Gasteiger charge is -2.07. The maximum absolute atomic E-state index is 10.5. The van der Waals surface area contributed by atoms with Crippen LogP contribution in [0.3, 0.4) is 0 Å². The van der Waals surface area contributed by atoms with Crippen LogP contribution in [0, 0.1) is 0 Å². The minimum absolute atomic E-state index is 0.379. The molecule has 0 radical (unpaired) electrons. The Hall–Kier alpha value is -0.770. The van der Waals surface area contributed by atoms with E-state index in [1.165, 1.54) is 7.11 Å². The SMILES string of the molecule is COC(=O)NCCNC(C)C. The predicted molar refractivity (Wildman–Crippen MR) is 43.5 cm³/mol. The Morgan fingerprint density at radius 2 is 2.09 bits per heavy atom. The van der Waals surface area contributed by atoms with E-state index in [-0.39, 0.29) is 6.09 Å². The highest BCUT2D eigenvalue weighted by Gasteiger charge is 1.96. The van der Waals surface area contributed by atoms with Crippen molar-refractivity contribution in [2.45, 2.75) is 19.9 Å². The van der Waals surface area contributed by atoms with E-state index in [0.717, 1.165) is 6.54 Å². The molecule has 0 heterocycles. The van der Waals surface area contributed by atoms with E-state index in [4.69, 9.17) is 0 Å². The standard InChI is InChI=1S/C7H16N2O2/c1-6(2)8-4-5-9-7(10)11-3/h6,8H,4-5H2,1-3H3,(H,9,10). The molecule has 0 spiro atoms. The number of hydrogen-bond acceptors (Lipinski definition) is 3. The van der Waals surface area contributed by atoms with E-state index in [2.05, 4.69) is 29.2 Å². The zero-order valence-corrected chi connectivity index (χ0v) is 7.31. The van der Waals surface area contributed by atoms with Gasteiger partial charge in [-0.05, 0) is 0 Å². The third-order valence-corrected chi connectivity index (χ3v) is 1.13. The molecule has 0 aliphatic rings. The molecule has 0 fully saturated rings. The Morgan fingerprint density at radius 3 is 2.55 bits per heavy atom. The van der Waals surface area contributed by atoms with Crippen molar-refractivity contribution in [2.75, 3.05) is 20.2 Å². The number of ether oxygens (including phenoxy) is 1. The molecule has 0 aromatic rings. The lowest BCUT2D eigenvalue weighted by atomic mass is 10.4. The summed E-state index contributed by atoms with van der Waals surface area (Å²) >= 11 is 0. The summed E-state index contributed by atoms with van der Waals surface area (Å²) < 4.78 is 4.38. The van der Waals surface area contributed by atoms with E-state index in [9.17, 15) is 4.79 Å². The number of alkyl carbamates (subject to hydrolysis) is 1. The fourth-order valence-electron chi connectivity index (χ4n) is 0.598. The van der Waals surface area contributed by atoms with Crippen molar-refractivity contribution in [3.63, 3.8) is 0 Å². The molecule has 0 aliphatic heterocycles. The third kappa shape index (κ3) is 7.12. The van der Waals surface area contributed by atoms with E-state index in [1.54, 1.807) is 0 Å². The third-order valence-electron chi connectivity index (χ3n) is 1.13. The normalized spacial score (nSPS) is 9.82. The van der Waals surface area contributed by atoms with Crippen LogP contribution in [-0.4, -0.2) is 32.3 Å². The first-order valence-corrected chi connectivity index (χ1v) is 3.72. The van der Waals surface area contributed by atoms with Crippen LogP contribution in [0.25, 0.3) is 0 Å². The second-order valence-corrected chi connectivity index (χ2v) is 2.53. The largest absolute Gasteiger partial charge is 0.453 e. The van der Waals surface area contributed by atoms with Crippen molar-refractivity contribution >= 4 is 6.09 Å². The van der Waals surface area contributed by atoms with Gasteiger partial charge >= 0.3 is 6.09 Å². The average Bonchev–Trinajstić information content (AvgIpc) is 1.97. The minimum atomic E-state index is -0.379. The van der Waals surface area contributed by atoms with Gasteiger partial charge in [-0.15, -0.1) is 0 Å². The summed E-state index contributed by atoms with van der Waals surface area (Å²) in [5, 5.41) is 5.72. The van der Waals surface area contributed by atoms with Crippen molar-refractivity contribution in [3.05, 3.63) is 0 Å². The van der Waals surface area contributed by atoms with Gasteiger partial charge in [0.05, 0.1) is 7.11 Å². The highest BCUT2D eigenvalue weighted by Crippen LogP contribution is 1.74. The van der Waals surface area contributed by atoms with Gasteiger partial charge in [0, 0.05) is 19.1 Å². The Bertz CT molecular complexity index is 115. The molecule has 11 heavy (non-hydrogen) atoms. The number of methoxy groups -OCH3 is 1. The lowest BCUT2D eigenvalue weighted by molar-refractivity contribution is 0.171. The molecule has 0 aliphatic carbocycles. The highest BCUT2D eigenvalue weighted by molar-refractivity contribution is 5.66. The van der Waals surface area contributed by atoms with Crippen LogP contribution < -0.4 is 10.6 Å². The van der Waals surface area contributed by atoms with Crippen LogP contribution >= 0.6 is 0 Å². The van der Waals surface area contributed by atoms with Crippen molar-refractivity contribution < 1.29 is 9.53 Å². The van der Waals surface area contributed by atoms with E-state index in [1.807, 2.05) is 0 Å². The van der Waals surface area contributed by atoms with Gasteiger partial charge < -0.3 is 15.4 Å². The quantitative estimate of drug-likeness (QED) is 0.583. The Labute approximate surface area is 67.3 Å². The minimum Gasteiger partial charge on any atom is -0.453 e. The van der Waals surface area contributed by atoms with Gasteiger partial charge in [0.25, 0.3) is 0 Å². The van der Waals surface area contributed by atoms with Crippen molar-refractivity contribution in [3.8, 4) is 0 Å². The summed E-state index contributed by atoms with van der Waals surface area (Å²) in [6, 6.07) is 0.453. The fourth-order valence-corrected chi connectivity index (χ4v) is 0.598. The van der Waals surface area contributed by atoms with Gasteiger partial charge in [0.15, 0.2) is 0 Å². The van der Waals surface area contributed by atoms with Crippen LogP contribution in [0.5, 0.6) is 0 Å². The molecule has 0 atom stereocenters. The molecule has 4 nitrogen and oxygen atoms in total. The highest BCUT2D eigenvalue weighted by atomic mass is 16.5. The predicted octanol–water partition coefficient (Wildman–Crippen LogP) is 0.340. The monoisotopic (exact) mass is 160 g/mol. The molecule has 66 valence electrons. The van der Waals surface area contributed by atoms with Gasteiger partial charge in [-0.1, -0.05) is 13.8 Å². The summed E-state index contributed by atoms with van der Waals surface area (Å²) in [6.07, 6.45) is -0.379. The van der Waals surface area contributed by atoms with Crippen LogP contribution in [0.15, 0.2) is 0 Å². The molecule has 2 N–H and O–H groups in total.